The molecule has 1 heterocycles. The van der Waals surface area contributed by atoms with Gasteiger partial charge in [0.25, 0.3) is 5.91 Å². The van der Waals surface area contributed by atoms with Crippen LogP contribution in [0.3, 0.4) is 0 Å². The van der Waals surface area contributed by atoms with E-state index in [9.17, 15) is 13.6 Å². The van der Waals surface area contributed by atoms with Gasteiger partial charge in [0.2, 0.25) is 0 Å². The Hall–Kier alpha value is -3.13. The molecule has 1 amide bonds. The average molecular weight is 422 g/mol. The summed E-state index contributed by atoms with van der Waals surface area (Å²) in [6.07, 6.45) is 3.45. The van der Waals surface area contributed by atoms with Gasteiger partial charge in [-0.3, -0.25) is 4.79 Å². The van der Waals surface area contributed by atoms with Crippen molar-refractivity contribution in [1.82, 2.24) is 15.1 Å². The van der Waals surface area contributed by atoms with Gasteiger partial charge in [-0.05, 0) is 36.2 Å². The van der Waals surface area contributed by atoms with Crippen molar-refractivity contribution in [2.75, 3.05) is 13.7 Å². The predicted molar refractivity (Wildman–Crippen MR) is 104 cm³/mol. The van der Waals surface area contributed by atoms with Crippen molar-refractivity contribution in [2.45, 2.75) is 13.0 Å². The van der Waals surface area contributed by atoms with Crippen molar-refractivity contribution < 1.29 is 23.0 Å². The third kappa shape index (κ3) is 5.23. The smallest absolute Gasteiger partial charge is 0.387 e. The van der Waals surface area contributed by atoms with Crippen LogP contribution >= 0.6 is 11.6 Å². The van der Waals surface area contributed by atoms with Crippen molar-refractivity contribution >= 4 is 17.5 Å². The molecule has 6 nitrogen and oxygen atoms in total. The Balaban J connectivity index is 1.60. The Labute approximate surface area is 171 Å². The second-order valence-corrected chi connectivity index (χ2v) is 6.40. The van der Waals surface area contributed by atoms with E-state index in [1.807, 2.05) is 6.07 Å². The highest BCUT2D eigenvalue weighted by Crippen LogP contribution is 2.29. The molecule has 0 aliphatic carbocycles. The van der Waals surface area contributed by atoms with Crippen LogP contribution in [-0.2, 0) is 6.42 Å². The van der Waals surface area contributed by atoms with Crippen molar-refractivity contribution in [2.24, 2.45) is 0 Å². The van der Waals surface area contributed by atoms with Crippen LogP contribution in [0.25, 0.3) is 5.69 Å². The molecule has 0 fully saturated rings. The lowest BCUT2D eigenvalue weighted by atomic mass is 10.1. The number of hydrogen-bond acceptors (Lipinski definition) is 4. The lowest BCUT2D eigenvalue weighted by Gasteiger charge is -2.11. The quantitative estimate of drug-likeness (QED) is 0.594. The topological polar surface area (TPSA) is 65.4 Å². The Kier molecular flexibility index (Phi) is 6.66. The van der Waals surface area contributed by atoms with E-state index >= 15 is 0 Å². The first-order valence-electron chi connectivity index (χ1n) is 8.67. The molecule has 9 heteroatoms. The number of para-hydroxylation sites is 1. The summed E-state index contributed by atoms with van der Waals surface area (Å²) in [5, 5.41) is 7.45. The summed E-state index contributed by atoms with van der Waals surface area (Å²) in [6.45, 7) is -2.65. The van der Waals surface area contributed by atoms with E-state index in [0.29, 0.717) is 34.8 Å². The normalized spacial score (nSPS) is 10.8. The molecule has 1 N–H and O–H groups in total. The monoisotopic (exact) mass is 421 g/mol. The van der Waals surface area contributed by atoms with Crippen LogP contribution < -0.4 is 14.8 Å². The number of nitrogens with zero attached hydrogens (tertiary/aromatic N) is 2. The fourth-order valence-corrected chi connectivity index (χ4v) is 2.92. The number of ether oxygens (including phenoxy) is 2. The van der Waals surface area contributed by atoms with Crippen molar-refractivity contribution in [3.8, 4) is 17.2 Å². The number of alkyl halides is 2. The van der Waals surface area contributed by atoms with Crippen molar-refractivity contribution in [3.63, 3.8) is 0 Å². The van der Waals surface area contributed by atoms with E-state index in [0.717, 1.165) is 0 Å². The Morgan fingerprint density at radius 2 is 2.03 bits per heavy atom. The van der Waals surface area contributed by atoms with Gasteiger partial charge in [-0.1, -0.05) is 29.8 Å². The number of methoxy groups -OCH3 is 1. The van der Waals surface area contributed by atoms with E-state index in [1.54, 1.807) is 36.5 Å². The second-order valence-electron chi connectivity index (χ2n) is 5.99. The van der Waals surface area contributed by atoms with Crippen LogP contribution in [0.2, 0.25) is 5.02 Å². The third-order valence-electron chi connectivity index (χ3n) is 4.09. The zero-order valence-corrected chi connectivity index (χ0v) is 16.2. The minimum Gasteiger partial charge on any atom is -0.493 e. The second kappa shape index (κ2) is 9.38. The summed E-state index contributed by atoms with van der Waals surface area (Å²) < 4.78 is 36.0. The summed E-state index contributed by atoms with van der Waals surface area (Å²) in [6, 6.07) is 11.9. The van der Waals surface area contributed by atoms with Gasteiger partial charge in [-0.15, -0.1) is 0 Å². The molecule has 0 atom stereocenters. The molecule has 29 heavy (non-hydrogen) atoms. The highest BCUT2D eigenvalue weighted by molar-refractivity contribution is 6.32. The lowest BCUT2D eigenvalue weighted by Crippen LogP contribution is -2.25. The van der Waals surface area contributed by atoms with E-state index in [-0.39, 0.29) is 17.4 Å². The first-order valence-corrected chi connectivity index (χ1v) is 9.05. The minimum atomic E-state index is -2.95. The first kappa shape index (κ1) is 20.6. The maximum absolute atomic E-state index is 12.5. The van der Waals surface area contributed by atoms with Crippen LogP contribution in [0.4, 0.5) is 8.78 Å². The zero-order chi connectivity index (χ0) is 20.8. The number of carbonyl (C=O) groups is 1. The molecule has 0 spiro atoms. The number of carbonyl (C=O) groups excluding carboxylic acids is 1. The number of nitrogens with one attached hydrogen (secondary N) is 1. The Bertz CT molecular complexity index is 995. The average Bonchev–Trinajstić information content (AvgIpc) is 3.18. The molecular formula is C20H18ClF2N3O3. The van der Waals surface area contributed by atoms with Crippen LogP contribution in [0.1, 0.15) is 15.9 Å². The van der Waals surface area contributed by atoms with Gasteiger partial charge in [0, 0.05) is 12.7 Å². The van der Waals surface area contributed by atoms with Gasteiger partial charge < -0.3 is 14.8 Å². The standard InChI is InChI=1S/C20H18ClF2N3O3/c1-28-17-7-6-13(10-18(17)29-20(22)23)8-9-24-19(27)14-11-25-26(12-14)16-5-3-2-4-15(16)21/h2-7,10-12,20H,8-9H2,1H3,(H,24,27). The number of amides is 1. The van der Waals surface area contributed by atoms with Crippen molar-refractivity contribution in [1.29, 1.82) is 0 Å². The van der Waals surface area contributed by atoms with Crippen LogP contribution in [0.5, 0.6) is 11.5 Å². The molecule has 3 aromatic rings. The van der Waals surface area contributed by atoms with E-state index in [2.05, 4.69) is 15.2 Å². The highest BCUT2D eigenvalue weighted by Gasteiger charge is 2.13. The number of rotatable bonds is 8. The summed E-state index contributed by atoms with van der Waals surface area (Å²) in [5.41, 5.74) is 1.76. The third-order valence-corrected chi connectivity index (χ3v) is 4.41. The maximum Gasteiger partial charge on any atom is 0.387 e. The molecule has 0 aliphatic rings. The number of hydrogen-bond donors (Lipinski definition) is 1. The number of benzene rings is 2. The fourth-order valence-electron chi connectivity index (χ4n) is 2.70. The SMILES string of the molecule is COc1ccc(CCNC(=O)c2cnn(-c3ccccc3Cl)c2)cc1OC(F)F. The molecule has 3 rings (SSSR count). The molecule has 0 bridgehead atoms. The number of aromatic nitrogens is 2. The molecule has 2 aromatic carbocycles. The van der Waals surface area contributed by atoms with Gasteiger partial charge in [0.1, 0.15) is 0 Å². The minimum absolute atomic E-state index is 0.0488. The summed E-state index contributed by atoms with van der Waals surface area (Å²) >= 11 is 6.14. The first-order chi connectivity index (χ1) is 14.0. The summed E-state index contributed by atoms with van der Waals surface area (Å²) in [4.78, 5) is 12.3. The fraction of sp³-hybridized carbons (Fsp3) is 0.200. The van der Waals surface area contributed by atoms with Gasteiger partial charge in [-0.25, -0.2) is 4.68 Å². The Morgan fingerprint density at radius 1 is 1.24 bits per heavy atom. The van der Waals surface area contributed by atoms with Crippen molar-refractivity contribution in [3.05, 3.63) is 71.0 Å². The maximum atomic E-state index is 12.5. The molecule has 0 aliphatic heterocycles. The zero-order valence-electron chi connectivity index (χ0n) is 15.4. The largest absolute Gasteiger partial charge is 0.493 e. The molecule has 0 unspecified atom stereocenters. The summed E-state index contributed by atoms with van der Waals surface area (Å²) in [5.74, 6) is -0.140. The van der Waals surface area contributed by atoms with Gasteiger partial charge in [0.15, 0.2) is 11.5 Å². The van der Waals surface area contributed by atoms with Gasteiger partial charge in [-0.2, -0.15) is 13.9 Å². The van der Waals surface area contributed by atoms with Crippen LogP contribution in [-0.4, -0.2) is 36.0 Å². The predicted octanol–water partition coefficient (Wildman–Crippen LogP) is 4.11. The van der Waals surface area contributed by atoms with Crippen LogP contribution in [0.15, 0.2) is 54.9 Å². The van der Waals surface area contributed by atoms with E-state index in [4.69, 9.17) is 16.3 Å². The lowest BCUT2D eigenvalue weighted by molar-refractivity contribution is -0.0512. The molecule has 1 aromatic heterocycles. The van der Waals surface area contributed by atoms with E-state index < -0.39 is 6.61 Å². The summed E-state index contributed by atoms with van der Waals surface area (Å²) in [7, 11) is 1.37. The molecular weight excluding hydrogens is 404 g/mol. The van der Waals surface area contributed by atoms with Gasteiger partial charge in [0.05, 0.1) is 29.6 Å². The molecule has 152 valence electrons. The molecule has 0 saturated heterocycles. The number of halogens is 3. The van der Waals surface area contributed by atoms with E-state index in [1.165, 1.54) is 24.1 Å². The Morgan fingerprint density at radius 3 is 2.76 bits per heavy atom. The molecule has 0 radical (unpaired) electrons. The molecule has 0 saturated carbocycles. The van der Waals surface area contributed by atoms with Gasteiger partial charge >= 0.3 is 6.61 Å². The van der Waals surface area contributed by atoms with Crippen LogP contribution in [0, 0.1) is 0 Å². The highest BCUT2D eigenvalue weighted by atomic mass is 35.5.